The molecule has 0 aliphatic rings. The van der Waals surface area contributed by atoms with Crippen molar-refractivity contribution >= 4 is 39.0 Å². The van der Waals surface area contributed by atoms with Crippen LogP contribution >= 0.6 is 11.6 Å². The molecular weight excluding hydrogens is 362 g/mol. The van der Waals surface area contributed by atoms with Crippen LogP contribution in [-0.2, 0) is 10.0 Å². The Morgan fingerprint density at radius 2 is 1.88 bits per heavy atom. The van der Waals surface area contributed by atoms with E-state index in [4.69, 9.17) is 11.6 Å². The van der Waals surface area contributed by atoms with Gasteiger partial charge in [-0.3, -0.25) is 4.72 Å². The van der Waals surface area contributed by atoms with Crippen molar-refractivity contribution in [2.24, 2.45) is 0 Å². The highest BCUT2D eigenvalue weighted by molar-refractivity contribution is 7.92. The van der Waals surface area contributed by atoms with Crippen LogP contribution in [0.2, 0.25) is 0 Å². The third-order valence-corrected chi connectivity index (χ3v) is 5.02. The SMILES string of the molecule is Cc1ccccc1NS(=O)(=O)c1cccc(NC(=O)NCCCCl)c1. The number of carbonyl (C=O) groups is 1. The molecule has 0 saturated carbocycles. The maximum absolute atomic E-state index is 12.5. The van der Waals surface area contributed by atoms with Gasteiger partial charge in [-0.15, -0.1) is 11.6 Å². The van der Waals surface area contributed by atoms with E-state index in [1.54, 1.807) is 24.3 Å². The Balaban J connectivity index is 2.11. The van der Waals surface area contributed by atoms with E-state index >= 15 is 0 Å². The number of amides is 2. The van der Waals surface area contributed by atoms with Crippen LogP contribution in [0, 0.1) is 6.92 Å². The number of nitrogens with one attached hydrogen (secondary N) is 3. The van der Waals surface area contributed by atoms with Gasteiger partial charge in [0.1, 0.15) is 0 Å². The number of sulfonamides is 1. The maximum atomic E-state index is 12.5. The minimum absolute atomic E-state index is 0.0642. The second-order valence-electron chi connectivity index (χ2n) is 5.37. The number of aryl methyl sites for hydroxylation is 1. The maximum Gasteiger partial charge on any atom is 0.319 e. The molecule has 134 valence electrons. The minimum atomic E-state index is -3.75. The van der Waals surface area contributed by atoms with Crippen LogP contribution in [0.3, 0.4) is 0 Å². The predicted octanol–water partition coefficient (Wildman–Crippen LogP) is 3.55. The number of rotatable bonds is 7. The molecule has 2 rings (SSSR count). The molecule has 0 radical (unpaired) electrons. The molecule has 0 aliphatic heterocycles. The number of para-hydroxylation sites is 1. The largest absolute Gasteiger partial charge is 0.338 e. The monoisotopic (exact) mass is 381 g/mol. The molecular formula is C17H20ClN3O3S. The van der Waals surface area contributed by atoms with Crippen LogP contribution in [0.25, 0.3) is 0 Å². The normalized spacial score (nSPS) is 11.0. The summed E-state index contributed by atoms with van der Waals surface area (Å²) in [6.45, 7) is 2.27. The number of benzene rings is 2. The molecule has 0 bridgehead atoms. The Kier molecular flexibility index (Phi) is 6.66. The molecule has 2 aromatic rings. The van der Waals surface area contributed by atoms with Crippen LogP contribution < -0.4 is 15.4 Å². The van der Waals surface area contributed by atoms with Gasteiger partial charge in [-0.1, -0.05) is 24.3 Å². The third-order valence-electron chi connectivity index (χ3n) is 3.39. The zero-order valence-electron chi connectivity index (χ0n) is 13.8. The zero-order valence-corrected chi connectivity index (χ0v) is 15.3. The first-order valence-electron chi connectivity index (χ1n) is 7.72. The summed E-state index contributed by atoms with van der Waals surface area (Å²) >= 11 is 5.55. The van der Waals surface area contributed by atoms with E-state index in [-0.39, 0.29) is 4.90 Å². The Morgan fingerprint density at radius 1 is 1.12 bits per heavy atom. The van der Waals surface area contributed by atoms with Gasteiger partial charge in [0.2, 0.25) is 0 Å². The first kappa shape index (κ1) is 19.1. The van der Waals surface area contributed by atoms with Gasteiger partial charge in [0.05, 0.1) is 10.6 Å². The van der Waals surface area contributed by atoms with E-state index < -0.39 is 16.1 Å². The summed E-state index contributed by atoms with van der Waals surface area (Å²) in [6, 6.07) is 12.8. The minimum Gasteiger partial charge on any atom is -0.338 e. The number of alkyl halides is 1. The quantitative estimate of drug-likeness (QED) is 0.506. The average molecular weight is 382 g/mol. The van der Waals surface area contributed by atoms with Crippen LogP contribution in [0.1, 0.15) is 12.0 Å². The molecule has 2 amide bonds. The summed E-state index contributed by atoms with van der Waals surface area (Å²) in [5.41, 5.74) is 1.72. The first-order chi connectivity index (χ1) is 11.9. The first-order valence-corrected chi connectivity index (χ1v) is 9.73. The van der Waals surface area contributed by atoms with Gasteiger partial charge >= 0.3 is 6.03 Å². The number of halogens is 1. The van der Waals surface area contributed by atoms with Crippen molar-refractivity contribution in [1.82, 2.24) is 5.32 Å². The van der Waals surface area contributed by atoms with Crippen molar-refractivity contribution in [3.05, 3.63) is 54.1 Å². The van der Waals surface area contributed by atoms with Crippen LogP contribution in [0.15, 0.2) is 53.4 Å². The van der Waals surface area contributed by atoms with Crippen LogP contribution in [0.5, 0.6) is 0 Å². The van der Waals surface area contributed by atoms with E-state index in [2.05, 4.69) is 15.4 Å². The predicted molar refractivity (Wildman–Crippen MR) is 101 cm³/mol. The summed E-state index contributed by atoms with van der Waals surface area (Å²) in [7, 11) is -3.75. The molecule has 0 aliphatic carbocycles. The molecule has 0 aromatic heterocycles. The lowest BCUT2D eigenvalue weighted by molar-refractivity contribution is 0.252. The van der Waals surface area contributed by atoms with Crippen molar-refractivity contribution in [1.29, 1.82) is 0 Å². The van der Waals surface area contributed by atoms with Crippen molar-refractivity contribution in [3.8, 4) is 0 Å². The van der Waals surface area contributed by atoms with Gasteiger partial charge in [0.15, 0.2) is 0 Å². The summed E-state index contributed by atoms with van der Waals surface area (Å²) < 4.78 is 27.7. The Morgan fingerprint density at radius 3 is 2.60 bits per heavy atom. The lowest BCUT2D eigenvalue weighted by atomic mass is 10.2. The van der Waals surface area contributed by atoms with Gasteiger partial charge in [-0.25, -0.2) is 13.2 Å². The summed E-state index contributed by atoms with van der Waals surface area (Å²) in [5.74, 6) is 0.457. The van der Waals surface area contributed by atoms with E-state index in [9.17, 15) is 13.2 Å². The molecule has 6 nitrogen and oxygen atoms in total. The molecule has 0 atom stereocenters. The van der Waals surface area contributed by atoms with E-state index in [0.717, 1.165) is 5.56 Å². The number of hydrogen-bond acceptors (Lipinski definition) is 3. The van der Waals surface area contributed by atoms with Gasteiger partial charge in [-0.2, -0.15) is 0 Å². The molecule has 25 heavy (non-hydrogen) atoms. The Hall–Kier alpha value is -2.25. The van der Waals surface area contributed by atoms with Crippen molar-refractivity contribution < 1.29 is 13.2 Å². The third kappa shape index (κ3) is 5.65. The molecule has 0 fully saturated rings. The van der Waals surface area contributed by atoms with Gasteiger partial charge in [0, 0.05) is 18.1 Å². The molecule has 0 saturated heterocycles. The second-order valence-corrected chi connectivity index (χ2v) is 7.43. The summed E-state index contributed by atoms with van der Waals surface area (Å²) in [5, 5.41) is 5.24. The van der Waals surface area contributed by atoms with Crippen molar-refractivity contribution in [3.63, 3.8) is 0 Å². The summed E-state index contributed by atoms with van der Waals surface area (Å²) in [6.07, 6.45) is 0.656. The van der Waals surface area contributed by atoms with Gasteiger partial charge < -0.3 is 10.6 Å². The fourth-order valence-corrected chi connectivity index (χ4v) is 3.39. The average Bonchev–Trinajstić information content (AvgIpc) is 2.57. The molecule has 0 spiro atoms. The second kappa shape index (κ2) is 8.73. The van der Waals surface area contributed by atoms with E-state index in [1.165, 1.54) is 12.1 Å². The number of hydrogen-bond donors (Lipinski definition) is 3. The van der Waals surface area contributed by atoms with Gasteiger partial charge in [0.25, 0.3) is 10.0 Å². The lowest BCUT2D eigenvalue weighted by Crippen LogP contribution is -2.29. The fourth-order valence-electron chi connectivity index (χ4n) is 2.08. The Labute approximate surface area is 152 Å². The standard InChI is InChI=1S/C17H20ClN3O3S/c1-13-6-2-3-9-16(13)21-25(23,24)15-8-4-7-14(12-15)20-17(22)19-11-5-10-18/h2-4,6-9,12,21H,5,10-11H2,1H3,(H2,19,20,22). The topological polar surface area (TPSA) is 87.3 Å². The van der Waals surface area contributed by atoms with Crippen LogP contribution in [0.4, 0.5) is 16.2 Å². The number of urea groups is 1. The highest BCUT2D eigenvalue weighted by Crippen LogP contribution is 2.21. The smallest absolute Gasteiger partial charge is 0.319 e. The van der Waals surface area contributed by atoms with Crippen LogP contribution in [-0.4, -0.2) is 26.9 Å². The molecule has 8 heteroatoms. The van der Waals surface area contributed by atoms with E-state index in [1.807, 2.05) is 19.1 Å². The highest BCUT2D eigenvalue weighted by Gasteiger charge is 2.16. The van der Waals surface area contributed by atoms with Gasteiger partial charge in [-0.05, 0) is 43.2 Å². The van der Waals surface area contributed by atoms with Crippen molar-refractivity contribution in [2.45, 2.75) is 18.2 Å². The highest BCUT2D eigenvalue weighted by atomic mass is 35.5. The number of anilines is 2. The Bertz CT molecular complexity index is 841. The molecule has 2 aromatic carbocycles. The molecule has 3 N–H and O–H groups in total. The lowest BCUT2D eigenvalue weighted by Gasteiger charge is -2.12. The molecule has 0 heterocycles. The fraction of sp³-hybridized carbons (Fsp3) is 0.235. The van der Waals surface area contributed by atoms with Crippen molar-refractivity contribution in [2.75, 3.05) is 22.5 Å². The van der Waals surface area contributed by atoms with E-state index in [0.29, 0.717) is 30.2 Å². The summed E-state index contributed by atoms with van der Waals surface area (Å²) in [4.78, 5) is 11.8. The molecule has 0 unspecified atom stereocenters. The number of carbonyl (C=O) groups excluding carboxylic acids is 1. The zero-order chi connectivity index (χ0) is 18.3.